The molecule has 4 rings (SSSR count). The van der Waals surface area contributed by atoms with Crippen molar-refractivity contribution >= 4 is 46.3 Å². The number of ether oxygens (including phenoxy) is 1. The van der Waals surface area contributed by atoms with Gasteiger partial charge >= 0.3 is 0 Å². The van der Waals surface area contributed by atoms with Gasteiger partial charge < -0.3 is 20.5 Å². The number of aromatic nitrogens is 2. The zero-order valence-electron chi connectivity index (χ0n) is 18.4. The van der Waals surface area contributed by atoms with Gasteiger partial charge in [0.1, 0.15) is 11.8 Å². The molecule has 1 aromatic heterocycles. The van der Waals surface area contributed by atoms with Crippen molar-refractivity contribution < 1.29 is 9.84 Å². The molecule has 1 saturated heterocycles. The van der Waals surface area contributed by atoms with Gasteiger partial charge in [0.15, 0.2) is 5.82 Å². The standard InChI is InChI=1S/C24H26ClN5O2.ClH/c1-32-21-9-5-15(11-19(21)25)4-8-20-22-18(7-6-17(12-26)23(22)27)24(29-28-20)30-10-2-3-16(13-30)14-31;/h5-7,9,11,16,31H,2-4,8,10,13-14,27H2,1H3;1H. The summed E-state index contributed by atoms with van der Waals surface area (Å²) in [6.45, 7) is 1.73. The molecule has 9 heteroatoms. The first-order chi connectivity index (χ1) is 15.5. The lowest BCUT2D eigenvalue weighted by molar-refractivity contribution is 0.208. The summed E-state index contributed by atoms with van der Waals surface area (Å²) in [4.78, 5) is 2.16. The summed E-state index contributed by atoms with van der Waals surface area (Å²) in [6, 6.07) is 11.5. The largest absolute Gasteiger partial charge is 0.495 e. The minimum absolute atomic E-state index is 0. The first-order valence-electron chi connectivity index (χ1n) is 10.7. The fourth-order valence-corrected chi connectivity index (χ4v) is 4.65. The van der Waals surface area contributed by atoms with Gasteiger partial charge in [-0.3, -0.25) is 0 Å². The van der Waals surface area contributed by atoms with Crippen molar-refractivity contribution in [1.82, 2.24) is 10.2 Å². The predicted molar refractivity (Wildman–Crippen MR) is 133 cm³/mol. The number of anilines is 2. The third-order valence-corrected chi connectivity index (χ3v) is 6.40. The van der Waals surface area contributed by atoms with E-state index in [1.165, 1.54) is 0 Å². The van der Waals surface area contributed by atoms with Crippen molar-refractivity contribution in [3.8, 4) is 11.8 Å². The molecule has 0 spiro atoms. The highest BCUT2D eigenvalue weighted by Gasteiger charge is 2.24. The molecular formula is C24H27Cl2N5O2. The van der Waals surface area contributed by atoms with Crippen molar-refractivity contribution in [3.05, 3.63) is 52.2 Å². The lowest BCUT2D eigenvalue weighted by Crippen LogP contribution is -2.37. The van der Waals surface area contributed by atoms with Gasteiger partial charge in [0, 0.05) is 30.5 Å². The van der Waals surface area contributed by atoms with Crippen LogP contribution in [-0.4, -0.2) is 42.1 Å². The third kappa shape index (κ3) is 5.09. The van der Waals surface area contributed by atoms with Crippen molar-refractivity contribution in [2.45, 2.75) is 25.7 Å². The van der Waals surface area contributed by atoms with E-state index in [1.807, 2.05) is 24.3 Å². The second-order valence-corrected chi connectivity index (χ2v) is 8.54. The van der Waals surface area contributed by atoms with Crippen LogP contribution in [0.4, 0.5) is 11.5 Å². The molecule has 1 unspecified atom stereocenters. The number of nitrogens with zero attached hydrogens (tertiary/aromatic N) is 4. The van der Waals surface area contributed by atoms with Crippen LogP contribution in [0.1, 0.15) is 29.7 Å². The molecule has 0 saturated carbocycles. The zero-order chi connectivity index (χ0) is 22.7. The number of methoxy groups -OCH3 is 1. The first-order valence-corrected chi connectivity index (χ1v) is 11.1. The lowest BCUT2D eigenvalue weighted by atomic mass is 9.97. The van der Waals surface area contributed by atoms with Gasteiger partial charge in [-0.05, 0) is 61.4 Å². The van der Waals surface area contributed by atoms with E-state index < -0.39 is 0 Å². The maximum Gasteiger partial charge on any atom is 0.159 e. The Kier molecular flexibility index (Phi) is 8.20. The molecule has 3 aromatic rings. The van der Waals surface area contributed by atoms with E-state index in [2.05, 4.69) is 21.2 Å². The van der Waals surface area contributed by atoms with Gasteiger partial charge in [0.05, 0.1) is 29.1 Å². The molecule has 33 heavy (non-hydrogen) atoms. The van der Waals surface area contributed by atoms with E-state index >= 15 is 0 Å². The highest BCUT2D eigenvalue weighted by molar-refractivity contribution is 6.32. The van der Waals surface area contributed by atoms with Crippen LogP contribution >= 0.6 is 24.0 Å². The fraction of sp³-hybridized carbons (Fsp3) is 0.375. The molecule has 2 heterocycles. The van der Waals surface area contributed by atoms with Crippen molar-refractivity contribution in [3.63, 3.8) is 0 Å². The van der Waals surface area contributed by atoms with E-state index in [1.54, 1.807) is 13.2 Å². The Bertz CT molecular complexity index is 1180. The number of benzene rings is 2. The summed E-state index contributed by atoms with van der Waals surface area (Å²) >= 11 is 6.27. The molecule has 1 atom stereocenters. The van der Waals surface area contributed by atoms with E-state index in [9.17, 15) is 10.4 Å². The van der Waals surface area contributed by atoms with Crippen LogP contribution in [0, 0.1) is 17.2 Å². The van der Waals surface area contributed by atoms with Gasteiger partial charge in [0.2, 0.25) is 0 Å². The number of aryl methyl sites for hydroxylation is 2. The fourth-order valence-electron chi connectivity index (χ4n) is 4.37. The molecule has 1 aliphatic rings. The Morgan fingerprint density at radius 2 is 2.09 bits per heavy atom. The number of hydrogen-bond donors (Lipinski definition) is 2. The summed E-state index contributed by atoms with van der Waals surface area (Å²) in [6.07, 6.45) is 3.28. The first kappa shape index (κ1) is 24.8. The second-order valence-electron chi connectivity index (χ2n) is 8.14. The van der Waals surface area contributed by atoms with Crippen LogP contribution in [0.5, 0.6) is 5.75 Å². The summed E-state index contributed by atoms with van der Waals surface area (Å²) in [5, 5.41) is 30.5. The quantitative estimate of drug-likeness (QED) is 0.502. The molecule has 1 aliphatic heterocycles. The Morgan fingerprint density at radius 1 is 1.27 bits per heavy atom. The van der Waals surface area contributed by atoms with Gasteiger partial charge in [0.25, 0.3) is 0 Å². The topological polar surface area (TPSA) is 108 Å². The van der Waals surface area contributed by atoms with E-state index in [4.69, 9.17) is 22.1 Å². The average molecular weight is 488 g/mol. The minimum atomic E-state index is 0. The molecule has 0 bridgehead atoms. The lowest BCUT2D eigenvalue weighted by Gasteiger charge is -2.33. The molecule has 174 valence electrons. The molecule has 1 fully saturated rings. The number of fused-ring (bicyclic) bond motifs is 1. The van der Waals surface area contributed by atoms with Crippen molar-refractivity contribution in [2.75, 3.05) is 37.4 Å². The van der Waals surface area contributed by atoms with Crippen LogP contribution in [0.15, 0.2) is 30.3 Å². The number of hydrogen-bond acceptors (Lipinski definition) is 7. The van der Waals surface area contributed by atoms with Gasteiger partial charge in [-0.15, -0.1) is 17.5 Å². The van der Waals surface area contributed by atoms with E-state index in [0.717, 1.165) is 53.8 Å². The predicted octanol–water partition coefficient (Wildman–Crippen LogP) is 4.16. The molecule has 0 amide bonds. The SMILES string of the molecule is COc1ccc(CCc2nnc(N3CCCC(CO)C3)c3ccc(C#N)c(N)c23)cc1Cl.Cl. The smallest absolute Gasteiger partial charge is 0.159 e. The highest BCUT2D eigenvalue weighted by atomic mass is 35.5. The Morgan fingerprint density at radius 3 is 2.79 bits per heavy atom. The molecule has 2 aromatic carbocycles. The van der Waals surface area contributed by atoms with Gasteiger partial charge in [-0.25, -0.2) is 0 Å². The highest BCUT2D eigenvalue weighted by Crippen LogP contribution is 2.35. The molecule has 0 aliphatic carbocycles. The number of piperidine rings is 1. The van der Waals surface area contributed by atoms with Crippen molar-refractivity contribution in [1.29, 1.82) is 5.26 Å². The van der Waals surface area contributed by atoms with Gasteiger partial charge in [-0.1, -0.05) is 17.7 Å². The summed E-state index contributed by atoms with van der Waals surface area (Å²) in [5.74, 6) is 1.61. The summed E-state index contributed by atoms with van der Waals surface area (Å²) < 4.78 is 5.23. The molecule has 3 N–H and O–H groups in total. The summed E-state index contributed by atoms with van der Waals surface area (Å²) in [7, 11) is 1.59. The maximum atomic E-state index is 9.62. The zero-order valence-corrected chi connectivity index (χ0v) is 20.0. The number of nitrogens with two attached hydrogens (primary N) is 1. The Hall–Kier alpha value is -2.79. The number of aliphatic hydroxyl groups is 1. The monoisotopic (exact) mass is 487 g/mol. The number of halogens is 2. The van der Waals surface area contributed by atoms with Crippen molar-refractivity contribution in [2.24, 2.45) is 5.92 Å². The molecule has 0 radical (unpaired) electrons. The van der Waals surface area contributed by atoms with Crippen LogP contribution in [0.2, 0.25) is 5.02 Å². The summed E-state index contributed by atoms with van der Waals surface area (Å²) in [5.41, 5.74) is 9.08. The number of nitrogen functional groups attached to an aromatic ring is 1. The third-order valence-electron chi connectivity index (χ3n) is 6.10. The molecule has 7 nitrogen and oxygen atoms in total. The average Bonchev–Trinajstić information content (AvgIpc) is 2.82. The van der Waals surface area contributed by atoms with Gasteiger partial charge in [-0.2, -0.15) is 10.4 Å². The van der Waals surface area contributed by atoms with Crippen LogP contribution in [-0.2, 0) is 12.8 Å². The molecular weight excluding hydrogens is 461 g/mol. The number of rotatable bonds is 6. The van der Waals surface area contributed by atoms with E-state index in [0.29, 0.717) is 34.9 Å². The Labute approximate surface area is 204 Å². The number of aliphatic hydroxyl groups excluding tert-OH is 1. The normalized spacial score (nSPS) is 15.7. The minimum Gasteiger partial charge on any atom is -0.495 e. The Balaban J connectivity index is 0.00000306. The van der Waals surface area contributed by atoms with Crippen LogP contribution in [0.3, 0.4) is 0 Å². The van der Waals surface area contributed by atoms with Crippen LogP contribution in [0.25, 0.3) is 10.8 Å². The second kappa shape index (κ2) is 10.9. The van der Waals surface area contributed by atoms with Crippen LogP contribution < -0.4 is 15.4 Å². The van der Waals surface area contributed by atoms with E-state index in [-0.39, 0.29) is 24.9 Å². The maximum absolute atomic E-state index is 9.62. The number of nitriles is 1.